The molecule has 0 heterocycles. The lowest BCUT2D eigenvalue weighted by molar-refractivity contribution is 0.555. The molecular weight excluding hydrogens is 130 g/mol. The van der Waals surface area contributed by atoms with Crippen molar-refractivity contribution in [3.8, 4) is 0 Å². The molecule has 0 aromatic heterocycles. The molecule has 0 saturated heterocycles. The van der Waals surface area contributed by atoms with Crippen LogP contribution in [0.5, 0.6) is 0 Å². The first-order valence-corrected chi connectivity index (χ1v) is 4.86. The second-order valence-electron chi connectivity index (χ2n) is 2.22. The third kappa shape index (κ3) is 4.79. The Bertz CT molecular complexity index is 50.9. The Balaban J connectivity index is 3.18. The van der Waals surface area contributed by atoms with Crippen molar-refractivity contribution in [1.82, 2.24) is 4.72 Å². The number of hydrogen-bond acceptors (Lipinski definition) is 2. The molecule has 0 fully saturated rings. The van der Waals surface area contributed by atoms with Crippen LogP contribution in [0.4, 0.5) is 0 Å². The van der Waals surface area contributed by atoms with Crippen LogP contribution in [0.2, 0.25) is 0 Å². The largest absolute Gasteiger partial charge is 0.261 e. The first-order chi connectivity index (χ1) is 4.35. The third-order valence-corrected chi connectivity index (χ3v) is 1.98. The van der Waals surface area contributed by atoms with Gasteiger partial charge in [0.15, 0.2) is 0 Å². The molecule has 0 aliphatic heterocycles. The highest BCUT2D eigenvalue weighted by Crippen LogP contribution is 2.03. The van der Waals surface area contributed by atoms with Crippen molar-refractivity contribution in [1.29, 1.82) is 0 Å². The Hall–Kier alpha value is 0.310. The molecule has 0 aliphatic carbocycles. The number of nitrogens with one attached hydrogen (secondary N) is 1. The molecule has 0 aromatic rings. The lowest BCUT2D eigenvalue weighted by Gasteiger charge is -2.12. The fraction of sp³-hybridized carbons (Fsp3) is 1.00. The predicted octanol–water partition coefficient (Wildman–Crippen LogP) is 2.43. The van der Waals surface area contributed by atoms with Crippen LogP contribution in [0, 0.1) is 0 Å². The maximum Gasteiger partial charge on any atom is 0.0169 e. The molecule has 2 heteroatoms. The van der Waals surface area contributed by atoms with Crippen molar-refractivity contribution >= 4 is 11.9 Å². The zero-order valence-electron chi connectivity index (χ0n) is 6.61. The van der Waals surface area contributed by atoms with Crippen LogP contribution in [0.3, 0.4) is 0 Å². The smallest absolute Gasteiger partial charge is 0.0169 e. The van der Waals surface area contributed by atoms with Crippen molar-refractivity contribution in [2.45, 2.75) is 39.2 Å². The summed E-state index contributed by atoms with van der Waals surface area (Å²) in [5.41, 5.74) is 0. The van der Waals surface area contributed by atoms with E-state index < -0.39 is 0 Å². The topological polar surface area (TPSA) is 12.0 Å². The van der Waals surface area contributed by atoms with E-state index in [0.717, 1.165) is 6.04 Å². The molecule has 0 spiro atoms. The van der Waals surface area contributed by atoms with Crippen LogP contribution in [-0.4, -0.2) is 12.3 Å². The molecule has 1 N–H and O–H groups in total. The molecule has 0 bridgehead atoms. The van der Waals surface area contributed by atoms with Crippen LogP contribution in [0.15, 0.2) is 0 Å². The van der Waals surface area contributed by atoms with E-state index in [0.29, 0.717) is 0 Å². The number of rotatable bonds is 5. The molecule has 0 saturated carbocycles. The van der Waals surface area contributed by atoms with Crippen LogP contribution in [-0.2, 0) is 0 Å². The molecule has 56 valence electrons. The van der Waals surface area contributed by atoms with Gasteiger partial charge in [0, 0.05) is 6.04 Å². The minimum Gasteiger partial charge on any atom is -0.261 e. The molecule has 9 heavy (non-hydrogen) atoms. The zero-order valence-corrected chi connectivity index (χ0v) is 7.42. The normalized spacial score (nSPS) is 13.7. The zero-order chi connectivity index (χ0) is 7.11. The Morgan fingerprint density at radius 2 is 2.11 bits per heavy atom. The fourth-order valence-corrected chi connectivity index (χ4v) is 1.48. The van der Waals surface area contributed by atoms with E-state index in [9.17, 15) is 0 Å². The van der Waals surface area contributed by atoms with Crippen molar-refractivity contribution in [2.75, 3.05) is 6.26 Å². The van der Waals surface area contributed by atoms with Gasteiger partial charge in [0.25, 0.3) is 0 Å². The summed E-state index contributed by atoms with van der Waals surface area (Å²) in [5.74, 6) is 0. The van der Waals surface area contributed by atoms with E-state index in [2.05, 4.69) is 24.8 Å². The highest BCUT2D eigenvalue weighted by atomic mass is 32.2. The summed E-state index contributed by atoms with van der Waals surface area (Å²) < 4.78 is 3.35. The first kappa shape index (κ1) is 9.31. The standard InChI is InChI=1S/C7H17NS/c1-4-6-7(5-2)8-9-3/h7-8H,4-6H2,1-3H3. The molecule has 0 aromatic carbocycles. The van der Waals surface area contributed by atoms with E-state index in [1.807, 2.05) is 0 Å². The minimum atomic E-state index is 0.727. The molecule has 0 radical (unpaired) electrons. The maximum absolute atomic E-state index is 3.35. The highest BCUT2D eigenvalue weighted by Gasteiger charge is 2.00. The van der Waals surface area contributed by atoms with Gasteiger partial charge >= 0.3 is 0 Å². The monoisotopic (exact) mass is 147 g/mol. The second kappa shape index (κ2) is 6.43. The quantitative estimate of drug-likeness (QED) is 0.599. The van der Waals surface area contributed by atoms with E-state index in [1.54, 1.807) is 11.9 Å². The Labute approximate surface area is 62.7 Å². The fourth-order valence-electron chi connectivity index (χ4n) is 0.862. The average molecular weight is 147 g/mol. The van der Waals surface area contributed by atoms with Crippen molar-refractivity contribution < 1.29 is 0 Å². The second-order valence-corrected chi connectivity index (χ2v) is 2.86. The van der Waals surface area contributed by atoms with Crippen molar-refractivity contribution in [2.24, 2.45) is 0 Å². The molecule has 0 amide bonds. The van der Waals surface area contributed by atoms with E-state index in [4.69, 9.17) is 0 Å². The Morgan fingerprint density at radius 3 is 2.44 bits per heavy atom. The molecular formula is C7H17NS. The summed E-state index contributed by atoms with van der Waals surface area (Å²) in [4.78, 5) is 0. The average Bonchev–Trinajstić information content (AvgIpc) is 1.88. The van der Waals surface area contributed by atoms with Gasteiger partial charge in [-0.25, -0.2) is 0 Å². The minimum absolute atomic E-state index is 0.727. The van der Waals surface area contributed by atoms with Crippen molar-refractivity contribution in [3.05, 3.63) is 0 Å². The first-order valence-electron chi connectivity index (χ1n) is 3.63. The lowest BCUT2D eigenvalue weighted by atomic mass is 10.1. The SMILES string of the molecule is CCCC(CC)NSC. The van der Waals surface area contributed by atoms with Gasteiger partial charge in [0.1, 0.15) is 0 Å². The Kier molecular flexibility index (Phi) is 6.65. The summed E-state index contributed by atoms with van der Waals surface area (Å²) in [6.45, 7) is 4.45. The van der Waals surface area contributed by atoms with Gasteiger partial charge in [0.2, 0.25) is 0 Å². The van der Waals surface area contributed by atoms with Crippen LogP contribution in [0.1, 0.15) is 33.1 Å². The summed E-state index contributed by atoms with van der Waals surface area (Å²) >= 11 is 1.72. The van der Waals surface area contributed by atoms with Gasteiger partial charge in [0.05, 0.1) is 0 Å². The van der Waals surface area contributed by atoms with E-state index in [-0.39, 0.29) is 0 Å². The van der Waals surface area contributed by atoms with Crippen LogP contribution in [0.25, 0.3) is 0 Å². The van der Waals surface area contributed by atoms with Gasteiger partial charge in [-0.15, -0.1) is 0 Å². The van der Waals surface area contributed by atoms with Gasteiger partial charge in [-0.2, -0.15) is 0 Å². The van der Waals surface area contributed by atoms with E-state index >= 15 is 0 Å². The van der Waals surface area contributed by atoms with E-state index in [1.165, 1.54) is 19.3 Å². The maximum atomic E-state index is 3.35. The molecule has 1 nitrogen and oxygen atoms in total. The summed E-state index contributed by atoms with van der Waals surface area (Å²) in [6, 6.07) is 0.727. The lowest BCUT2D eigenvalue weighted by Crippen LogP contribution is -2.20. The summed E-state index contributed by atoms with van der Waals surface area (Å²) in [7, 11) is 0. The summed E-state index contributed by atoms with van der Waals surface area (Å²) in [6.07, 6.45) is 5.91. The van der Waals surface area contributed by atoms with Crippen LogP contribution >= 0.6 is 11.9 Å². The molecule has 1 unspecified atom stereocenters. The van der Waals surface area contributed by atoms with Gasteiger partial charge < -0.3 is 0 Å². The highest BCUT2D eigenvalue weighted by molar-refractivity contribution is 7.96. The third-order valence-electron chi connectivity index (χ3n) is 1.41. The number of hydrogen-bond donors (Lipinski definition) is 1. The van der Waals surface area contributed by atoms with Gasteiger partial charge in [-0.05, 0) is 19.1 Å². The van der Waals surface area contributed by atoms with Gasteiger partial charge in [-0.3, -0.25) is 4.72 Å². The molecule has 0 aliphatic rings. The van der Waals surface area contributed by atoms with Gasteiger partial charge in [-0.1, -0.05) is 32.2 Å². The summed E-state index contributed by atoms with van der Waals surface area (Å²) in [5, 5.41) is 0. The molecule has 1 atom stereocenters. The predicted molar refractivity (Wildman–Crippen MR) is 45.6 cm³/mol. The Morgan fingerprint density at radius 1 is 1.44 bits per heavy atom. The molecule has 0 rings (SSSR count). The van der Waals surface area contributed by atoms with Crippen molar-refractivity contribution in [3.63, 3.8) is 0 Å². The van der Waals surface area contributed by atoms with Crippen LogP contribution < -0.4 is 4.72 Å².